The fraction of sp³-hybridized carbons (Fsp3) is 0.368. The van der Waals surface area contributed by atoms with E-state index in [1.807, 2.05) is 12.1 Å². The molecule has 1 aromatic heterocycles. The third-order valence-electron chi connectivity index (χ3n) is 4.36. The first-order valence-corrected chi connectivity index (χ1v) is 8.93. The first-order valence-electron chi connectivity index (χ1n) is 8.56. The maximum absolute atomic E-state index is 11.4. The van der Waals surface area contributed by atoms with E-state index < -0.39 is 0 Å². The molecule has 7 heteroatoms. The van der Waals surface area contributed by atoms with E-state index in [-0.39, 0.29) is 5.97 Å². The Labute approximate surface area is 158 Å². The number of rotatable bonds is 6. The van der Waals surface area contributed by atoms with Crippen LogP contribution in [0.1, 0.15) is 10.4 Å². The Morgan fingerprint density at radius 2 is 1.85 bits per heavy atom. The standard InChI is InChI=1S/C19H22ClN3O3/c1-25-19(24)15-2-5-17(6-3-15)26-13-12-22-8-10-23(11-9-22)18-7-4-16(20)14-21-18/h2-7,14H,8-13H2,1H3. The Balaban J connectivity index is 1.40. The number of aromatic nitrogens is 1. The molecule has 0 saturated carbocycles. The summed E-state index contributed by atoms with van der Waals surface area (Å²) in [5.41, 5.74) is 0.520. The predicted octanol–water partition coefficient (Wildman–Crippen LogP) is 2.72. The molecular weight excluding hydrogens is 354 g/mol. The minimum absolute atomic E-state index is 0.343. The number of piperazine rings is 1. The number of ether oxygens (including phenoxy) is 2. The van der Waals surface area contributed by atoms with Crippen LogP contribution in [0.25, 0.3) is 0 Å². The van der Waals surface area contributed by atoms with E-state index >= 15 is 0 Å². The van der Waals surface area contributed by atoms with E-state index in [0.717, 1.165) is 44.3 Å². The summed E-state index contributed by atoms with van der Waals surface area (Å²) < 4.78 is 10.4. The lowest BCUT2D eigenvalue weighted by atomic mass is 10.2. The van der Waals surface area contributed by atoms with Gasteiger partial charge < -0.3 is 14.4 Å². The van der Waals surface area contributed by atoms with Gasteiger partial charge in [0.05, 0.1) is 17.7 Å². The SMILES string of the molecule is COC(=O)c1ccc(OCCN2CCN(c3ccc(Cl)cn3)CC2)cc1. The van der Waals surface area contributed by atoms with Crippen molar-refractivity contribution >= 4 is 23.4 Å². The highest BCUT2D eigenvalue weighted by atomic mass is 35.5. The fourth-order valence-electron chi connectivity index (χ4n) is 2.85. The van der Waals surface area contributed by atoms with E-state index in [1.54, 1.807) is 30.5 Å². The van der Waals surface area contributed by atoms with Crippen LogP contribution in [0.4, 0.5) is 5.82 Å². The van der Waals surface area contributed by atoms with Crippen molar-refractivity contribution < 1.29 is 14.3 Å². The number of nitrogens with zero attached hydrogens (tertiary/aromatic N) is 3. The molecule has 138 valence electrons. The Morgan fingerprint density at radius 3 is 2.46 bits per heavy atom. The van der Waals surface area contributed by atoms with Gasteiger partial charge >= 0.3 is 5.97 Å². The molecule has 0 atom stereocenters. The topological polar surface area (TPSA) is 54.9 Å². The highest BCUT2D eigenvalue weighted by Gasteiger charge is 2.17. The van der Waals surface area contributed by atoms with Gasteiger partial charge in [-0.05, 0) is 36.4 Å². The molecule has 0 radical (unpaired) electrons. The van der Waals surface area contributed by atoms with Crippen molar-refractivity contribution in [2.75, 3.05) is 51.3 Å². The maximum atomic E-state index is 11.4. The predicted molar refractivity (Wildman–Crippen MR) is 101 cm³/mol. The minimum atomic E-state index is -0.343. The van der Waals surface area contributed by atoms with Crippen molar-refractivity contribution in [1.29, 1.82) is 0 Å². The number of pyridine rings is 1. The molecule has 1 aliphatic rings. The lowest BCUT2D eigenvalue weighted by Gasteiger charge is -2.35. The van der Waals surface area contributed by atoms with Crippen molar-refractivity contribution in [2.45, 2.75) is 0 Å². The number of carbonyl (C=O) groups is 1. The summed E-state index contributed by atoms with van der Waals surface area (Å²) in [6, 6.07) is 10.8. The molecule has 0 N–H and O–H groups in total. The second-order valence-electron chi connectivity index (χ2n) is 6.03. The van der Waals surface area contributed by atoms with Crippen molar-refractivity contribution in [2.24, 2.45) is 0 Å². The smallest absolute Gasteiger partial charge is 0.337 e. The lowest BCUT2D eigenvalue weighted by Crippen LogP contribution is -2.47. The van der Waals surface area contributed by atoms with Crippen LogP contribution in [0.5, 0.6) is 5.75 Å². The molecule has 1 aliphatic heterocycles. The first kappa shape index (κ1) is 18.5. The minimum Gasteiger partial charge on any atom is -0.492 e. The van der Waals surface area contributed by atoms with Gasteiger partial charge in [-0.15, -0.1) is 0 Å². The van der Waals surface area contributed by atoms with Gasteiger partial charge in [-0.3, -0.25) is 4.90 Å². The summed E-state index contributed by atoms with van der Waals surface area (Å²) in [6.07, 6.45) is 1.68. The van der Waals surface area contributed by atoms with Gasteiger partial charge in [0.15, 0.2) is 0 Å². The van der Waals surface area contributed by atoms with Crippen LogP contribution in [0, 0.1) is 0 Å². The van der Waals surface area contributed by atoms with Crippen LogP contribution in [-0.2, 0) is 4.74 Å². The molecule has 2 heterocycles. The molecule has 1 aromatic carbocycles. The van der Waals surface area contributed by atoms with Gasteiger partial charge in [0.2, 0.25) is 0 Å². The molecule has 0 aliphatic carbocycles. The largest absolute Gasteiger partial charge is 0.492 e. The van der Waals surface area contributed by atoms with E-state index in [0.29, 0.717) is 17.2 Å². The van der Waals surface area contributed by atoms with Gasteiger partial charge in [-0.25, -0.2) is 9.78 Å². The molecule has 1 fully saturated rings. The first-order chi connectivity index (χ1) is 12.7. The molecule has 1 saturated heterocycles. The Kier molecular flexibility index (Phi) is 6.30. The molecule has 6 nitrogen and oxygen atoms in total. The van der Waals surface area contributed by atoms with Crippen molar-refractivity contribution in [3.8, 4) is 5.75 Å². The number of carbonyl (C=O) groups excluding carboxylic acids is 1. The zero-order valence-corrected chi connectivity index (χ0v) is 15.5. The van der Waals surface area contributed by atoms with Gasteiger partial charge in [0, 0.05) is 38.9 Å². The highest BCUT2D eigenvalue weighted by molar-refractivity contribution is 6.30. The second kappa shape index (κ2) is 8.87. The maximum Gasteiger partial charge on any atom is 0.337 e. The van der Waals surface area contributed by atoms with Gasteiger partial charge in [-0.2, -0.15) is 0 Å². The summed E-state index contributed by atoms with van der Waals surface area (Å²) in [4.78, 5) is 20.4. The number of anilines is 1. The summed E-state index contributed by atoms with van der Waals surface area (Å²) >= 11 is 5.89. The molecule has 0 bridgehead atoms. The third-order valence-corrected chi connectivity index (χ3v) is 4.58. The molecule has 0 spiro atoms. The Morgan fingerprint density at radius 1 is 1.12 bits per heavy atom. The second-order valence-corrected chi connectivity index (χ2v) is 6.46. The number of methoxy groups -OCH3 is 1. The van der Waals surface area contributed by atoms with Crippen LogP contribution < -0.4 is 9.64 Å². The van der Waals surface area contributed by atoms with Crippen LogP contribution in [-0.4, -0.2) is 62.3 Å². The van der Waals surface area contributed by atoms with E-state index in [9.17, 15) is 4.79 Å². The summed E-state index contributed by atoms with van der Waals surface area (Å²) in [6.45, 7) is 5.27. The number of hydrogen-bond acceptors (Lipinski definition) is 6. The molecule has 3 rings (SSSR count). The summed E-state index contributed by atoms with van der Waals surface area (Å²) in [5.74, 6) is 1.38. The van der Waals surface area contributed by atoms with Crippen LogP contribution in [0.15, 0.2) is 42.6 Å². The average molecular weight is 376 g/mol. The number of benzene rings is 1. The molecule has 2 aromatic rings. The van der Waals surface area contributed by atoms with Crippen LogP contribution >= 0.6 is 11.6 Å². The van der Waals surface area contributed by atoms with Crippen molar-refractivity contribution in [1.82, 2.24) is 9.88 Å². The molecule has 26 heavy (non-hydrogen) atoms. The third kappa shape index (κ3) is 4.86. The Bertz CT molecular complexity index is 714. The summed E-state index contributed by atoms with van der Waals surface area (Å²) in [7, 11) is 1.37. The van der Waals surface area contributed by atoms with Gasteiger partial charge in [0.25, 0.3) is 0 Å². The normalized spacial score (nSPS) is 14.9. The zero-order valence-electron chi connectivity index (χ0n) is 14.7. The van der Waals surface area contributed by atoms with Gasteiger partial charge in [-0.1, -0.05) is 11.6 Å². The van der Waals surface area contributed by atoms with Crippen molar-refractivity contribution in [3.63, 3.8) is 0 Å². The van der Waals surface area contributed by atoms with Gasteiger partial charge in [0.1, 0.15) is 18.2 Å². The lowest BCUT2D eigenvalue weighted by molar-refractivity contribution is 0.0600. The molecule has 0 amide bonds. The van der Waals surface area contributed by atoms with Crippen molar-refractivity contribution in [3.05, 3.63) is 53.2 Å². The van der Waals surface area contributed by atoms with Crippen LogP contribution in [0.3, 0.4) is 0 Å². The average Bonchev–Trinajstić information content (AvgIpc) is 2.69. The quantitative estimate of drug-likeness (QED) is 0.724. The zero-order chi connectivity index (χ0) is 18.4. The monoisotopic (exact) mass is 375 g/mol. The molecular formula is C19H22ClN3O3. The van der Waals surface area contributed by atoms with Crippen LogP contribution in [0.2, 0.25) is 5.02 Å². The summed E-state index contributed by atoms with van der Waals surface area (Å²) in [5, 5.41) is 0.657. The number of esters is 1. The fourth-order valence-corrected chi connectivity index (χ4v) is 2.97. The van der Waals surface area contributed by atoms with E-state index in [4.69, 9.17) is 16.3 Å². The number of hydrogen-bond donors (Lipinski definition) is 0. The number of halogens is 1. The van der Waals surface area contributed by atoms with E-state index in [1.165, 1.54) is 7.11 Å². The molecule has 0 unspecified atom stereocenters. The highest BCUT2D eigenvalue weighted by Crippen LogP contribution is 2.16. The van der Waals surface area contributed by atoms with E-state index in [2.05, 4.69) is 19.5 Å². The Hall–Kier alpha value is -2.31.